The number of rotatable bonds is 6. The van der Waals surface area contributed by atoms with Crippen molar-refractivity contribution < 1.29 is 0 Å². The van der Waals surface area contributed by atoms with Gasteiger partial charge < -0.3 is 5.32 Å². The van der Waals surface area contributed by atoms with E-state index in [9.17, 15) is 4.79 Å². The summed E-state index contributed by atoms with van der Waals surface area (Å²) in [6.07, 6.45) is 2.45. The summed E-state index contributed by atoms with van der Waals surface area (Å²) in [5, 5.41) is 9.96. The summed E-state index contributed by atoms with van der Waals surface area (Å²) in [5.41, 5.74) is 3.57. The summed E-state index contributed by atoms with van der Waals surface area (Å²) >= 11 is 0. The fraction of sp³-hybridized carbons (Fsp3) is 0.500. The van der Waals surface area contributed by atoms with Gasteiger partial charge >= 0.3 is 0 Å². The first-order valence-corrected chi connectivity index (χ1v) is 7.76. The Morgan fingerprint density at radius 2 is 1.86 bits per heavy atom. The fourth-order valence-corrected chi connectivity index (χ4v) is 2.54. The zero-order valence-corrected chi connectivity index (χ0v) is 13.7. The van der Waals surface area contributed by atoms with Crippen molar-refractivity contribution in [2.45, 2.75) is 53.5 Å². The van der Waals surface area contributed by atoms with Crippen molar-refractivity contribution in [3.05, 3.63) is 44.8 Å². The molecular formula is C16H23N5O. The number of hydrogen-bond donors (Lipinski definition) is 2. The summed E-state index contributed by atoms with van der Waals surface area (Å²) in [5.74, 6) is 1.48. The Morgan fingerprint density at radius 1 is 1.09 bits per heavy atom. The van der Waals surface area contributed by atoms with Crippen LogP contribution < -0.4 is 10.9 Å². The Kier molecular flexibility index (Phi) is 5.25. The Labute approximate surface area is 130 Å². The molecule has 2 N–H and O–H groups in total. The number of nitrogens with one attached hydrogen (secondary N) is 2. The Morgan fingerprint density at radius 3 is 2.50 bits per heavy atom. The summed E-state index contributed by atoms with van der Waals surface area (Å²) in [4.78, 5) is 20.8. The minimum absolute atomic E-state index is 0.136. The maximum atomic E-state index is 12.1. The Balaban J connectivity index is 2.28. The molecule has 0 spiro atoms. The fourth-order valence-electron chi connectivity index (χ4n) is 2.54. The molecule has 0 aromatic carbocycles. The van der Waals surface area contributed by atoms with Crippen LogP contribution in [0.2, 0.25) is 0 Å². The highest BCUT2D eigenvalue weighted by Gasteiger charge is 2.12. The molecule has 0 saturated heterocycles. The number of aromatic nitrogens is 4. The molecule has 2 rings (SSSR count). The number of nitrogens with zero attached hydrogens (tertiary/aromatic N) is 3. The monoisotopic (exact) mass is 301 g/mol. The highest BCUT2D eigenvalue weighted by atomic mass is 16.1. The molecule has 0 bridgehead atoms. The van der Waals surface area contributed by atoms with Crippen molar-refractivity contribution in [3.63, 3.8) is 0 Å². The van der Waals surface area contributed by atoms with E-state index >= 15 is 0 Å². The molecular weight excluding hydrogens is 278 g/mol. The molecule has 2 aromatic rings. The van der Waals surface area contributed by atoms with Crippen LogP contribution >= 0.6 is 0 Å². The van der Waals surface area contributed by atoms with Crippen LogP contribution in [0, 0.1) is 6.92 Å². The average molecular weight is 301 g/mol. The molecule has 0 aliphatic rings. The van der Waals surface area contributed by atoms with E-state index in [1.807, 2.05) is 26.8 Å². The van der Waals surface area contributed by atoms with E-state index in [2.05, 4.69) is 32.4 Å². The van der Waals surface area contributed by atoms with Crippen LogP contribution in [0.5, 0.6) is 0 Å². The van der Waals surface area contributed by atoms with Gasteiger partial charge in [-0.1, -0.05) is 20.8 Å². The van der Waals surface area contributed by atoms with E-state index in [0.717, 1.165) is 53.4 Å². The lowest BCUT2D eigenvalue weighted by molar-refractivity contribution is 0.825. The van der Waals surface area contributed by atoms with Gasteiger partial charge in [-0.25, -0.2) is 15.1 Å². The molecule has 2 aromatic heterocycles. The molecule has 0 unspecified atom stereocenters. The second-order valence-corrected chi connectivity index (χ2v) is 5.16. The average Bonchev–Trinajstić information content (AvgIpc) is 2.52. The maximum Gasteiger partial charge on any atom is 0.269 e. The van der Waals surface area contributed by atoms with Gasteiger partial charge in [0.15, 0.2) is 0 Å². The molecule has 0 radical (unpaired) electrons. The van der Waals surface area contributed by atoms with Gasteiger partial charge in [-0.05, 0) is 31.7 Å². The molecule has 6 heteroatoms. The maximum absolute atomic E-state index is 12.1. The third kappa shape index (κ3) is 3.50. The van der Waals surface area contributed by atoms with Gasteiger partial charge in [0.05, 0.1) is 5.69 Å². The quantitative estimate of drug-likeness (QED) is 0.854. The highest BCUT2D eigenvalue weighted by molar-refractivity contribution is 5.39. The molecule has 0 atom stereocenters. The Hall–Kier alpha value is -2.24. The number of anilines is 1. The van der Waals surface area contributed by atoms with E-state index < -0.39 is 0 Å². The van der Waals surface area contributed by atoms with Gasteiger partial charge in [-0.15, -0.1) is 0 Å². The van der Waals surface area contributed by atoms with E-state index in [1.165, 1.54) is 0 Å². The molecule has 0 amide bonds. The highest BCUT2D eigenvalue weighted by Crippen LogP contribution is 2.13. The standard InChI is InChI=1S/C16H23N5O/c1-5-11-8-15(19-10(4)18-11)17-9-13-12(6-2)14(7-3)20-21-16(13)22/h8H,5-7,9H2,1-4H3,(H,21,22)(H,17,18,19). The molecule has 0 fully saturated rings. The molecule has 0 aliphatic carbocycles. The molecule has 0 saturated carbocycles. The van der Waals surface area contributed by atoms with Crippen molar-refractivity contribution in [2.24, 2.45) is 0 Å². The van der Waals surface area contributed by atoms with E-state index in [4.69, 9.17) is 0 Å². The van der Waals surface area contributed by atoms with Crippen molar-refractivity contribution >= 4 is 5.82 Å². The molecule has 118 valence electrons. The van der Waals surface area contributed by atoms with E-state index in [-0.39, 0.29) is 5.56 Å². The van der Waals surface area contributed by atoms with Crippen LogP contribution in [0.4, 0.5) is 5.82 Å². The summed E-state index contributed by atoms with van der Waals surface area (Å²) in [7, 11) is 0. The first kappa shape index (κ1) is 16.1. The third-order valence-corrected chi connectivity index (χ3v) is 3.67. The Bertz CT molecular complexity index is 708. The van der Waals surface area contributed by atoms with Crippen molar-refractivity contribution in [3.8, 4) is 0 Å². The molecule has 0 aliphatic heterocycles. The lowest BCUT2D eigenvalue weighted by Crippen LogP contribution is -2.22. The van der Waals surface area contributed by atoms with E-state index in [0.29, 0.717) is 6.54 Å². The van der Waals surface area contributed by atoms with Gasteiger partial charge in [0, 0.05) is 23.9 Å². The third-order valence-electron chi connectivity index (χ3n) is 3.67. The van der Waals surface area contributed by atoms with Crippen LogP contribution in [-0.2, 0) is 25.8 Å². The van der Waals surface area contributed by atoms with Crippen LogP contribution in [0.15, 0.2) is 10.9 Å². The summed E-state index contributed by atoms with van der Waals surface area (Å²) < 4.78 is 0. The molecule has 2 heterocycles. The first-order chi connectivity index (χ1) is 10.6. The van der Waals surface area contributed by atoms with Crippen LogP contribution in [0.25, 0.3) is 0 Å². The number of H-pyrrole nitrogens is 1. The van der Waals surface area contributed by atoms with Gasteiger partial charge in [0.1, 0.15) is 11.6 Å². The SMILES string of the molecule is CCc1cc(NCc2c(CC)c(CC)n[nH]c2=O)nc(C)n1. The zero-order chi connectivity index (χ0) is 16.1. The molecule has 22 heavy (non-hydrogen) atoms. The first-order valence-electron chi connectivity index (χ1n) is 7.76. The largest absolute Gasteiger partial charge is 0.366 e. The van der Waals surface area contributed by atoms with Crippen molar-refractivity contribution in [1.82, 2.24) is 20.2 Å². The van der Waals surface area contributed by atoms with Crippen LogP contribution in [-0.4, -0.2) is 20.2 Å². The predicted molar refractivity (Wildman–Crippen MR) is 87.1 cm³/mol. The summed E-state index contributed by atoms with van der Waals surface area (Å²) in [6.45, 7) is 8.45. The number of hydrogen-bond acceptors (Lipinski definition) is 5. The van der Waals surface area contributed by atoms with Crippen molar-refractivity contribution in [1.29, 1.82) is 0 Å². The van der Waals surface area contributed by atoms with Crippen molar-refractivity contribution in [2.75, 3.05) is 5.32 Å². The minimum atomic E-state index is -0.136. The normalized spacial score (nSPS) is 10.7. The topological polar surface area (TPSA) is 83.6 Å². The van der Waals surface area contributed by atoms with Gasteiger partial charge in [-0.2, -0.15) is 5.10 Å². The lowest BCUT2D eigenvalue weighted by Gasteiger charge is -2.12. The van der Waals surface area contributed by atoms with Crippen LogP contribution in [0.3, 0.4) is 0 Å². The lowest BCUT2D eigenvalue weighted by atomic mass is 10.0. The van der Waals surface area contributed by atoms with E-state index in [1.54, 1.807) is 0 Å². The van der Waals surface area contributed by atoms with Crippen LogP contribution in [0.1, 0.15) is 49.1 Å². The number of aryl methyl sites for hydroxylation is 3. The van der Waals surface area contributed by atoms with Gasteiger partial charge in [0.25, 0.3) is 5.56 Å². The predicted octanol–water partition coefficient (Wildman–Crippen LogP) is 2.17. The molecule has 6 nitrogen and oxygen atoms in total. The summed E-state index contributed by atoms with van der Waals surface area (Å²) in [6, 6.07) is 1.93. The smallest absolute Gasteiger partial charge is 0.269 e. The van der Waals surface area contributed by atoms with Gasteiger partial charge in [-0.3, -0.25) is 4.79 Å². The second-order valence-electron chi connectivity index (χ2n) is 5.16. The zero-order valence-electron chi connectivity index (χ0n) is 13.7. The van der Waals surface area contributed by atoms with Gasteiger partial charge in [0.2, 0.25) is 0 Å². The number of aromatic amines is 1. The minimum Gasteiger partial charge on any atom is -0.366 e. The second kappa shape index (κ2) is 7.15.